The first-order chi connectivity index (χ1) is 6.09. The highest BCUT2D eigenvalue weighted by Crippen LogP contribution is 2.37. The molecule has 0 aromatic heterocycles. The second-order valence-electron chi connectivity index (χ2n) is 2.68. The molecular weight excluding hydrogens is 176 g/mol. The van der Waals surface area contributed by atoms with Gasteiger partial charge in [0.05, 0.1) is 11.1 Å². The molecule has 68 valence electrons. The Balaban J connectivity index is 2.69. The van der Waals surface area contributed by atoms with Gasteiger partial charge in [-0.05, 0) is 6.07 Å². The molecule has 0 saturated heterocycles. The number of aliphatic hydroxyl groups excluding tert-OH is 1. The van der Waals surface area contributed by atoms with Crippen molar-refractivity contribution >= 4 is 5.97 Å². The lowest BCUT2D eigenvalue weighted by molar-refractivity contribution is -0.0555. The smallest absolute Gasteiger partial charge is 0.341 e. The number of hydrogen-bond acceptors (Lipinski definition) is 5. The molecule has 2 rings (SSSR count). The molecular formula is C8H6O5. The Kier molecular flexibility index (Phi) is 1.43. The molecule has 13 heavy (non-hydrogen) atoms. The summed E-state index contributed by atoms with van der Waals surface area (Å²) in [5.41, 5.74) is -0.00667. The van der Waals surface area contributed by atoms with Crippen LogP contribution in [0.15, 0.2) is 12.1 Å². The Morgan fingerprint density at radius 1 is 1.31 bits per heavy atom. The Labute approximate surface area is 72.8 Å². The minimum absolute atomic E-state index is 0.00259. The van der Waals surface area contributed by atoms with Crippen LogP contribution in [0.2, 0.25) is 0 Å². The van der Waals surface area contributed by atoms with Crippen molar-refractivity contribution in [3.63, 3.8) is 0 Å². The van der Waals surface area contributed by atoms with E-state index in [9.17, 15) is 9.90 Å². The molecule has 0 radical (unpaired) electrons. The molecule has 1 aromatic rings. The second-order valence-corrected chi connectivity index (χ2v) is 2.68. The van der Waals surface area contributed by atoms with E-state index < -0.39 is 12.3 Å². The zero-order chi connectivity index (χ0) is 9.59. The molecule has 0 amide bonds. The highest BCUT2D eigenvalue weighted by molar-refractivity contribution is 5.95. The average Bonchev–Trinajstić information content (AvgIpc) is 2.27. The van der Waals surface area contributed by atoms with Crippen LogP contribution in [-0.2, 0) is 4.74 Å². The van der Waals surface area contributed by atoms with Crippen molar-refractivity contribution in [3.05, 3.63) is 23.3 Å². The van der Waals surface area contributed by atoms with E-state index in [0.29, 0.717) is 0 Å². The van der Waals surface area contributed by atoms with E-state index in [2.05, 4.69) is 4.74 Å². The van der Waals surface area contributed by atoms with Gasteiger partial charge in [0, 0.05) is 6.07 Å². The summed E-state index contributed by atoms with van der Waals surface area (Å²) in [5, 5.41) is 27.4. The van der Waals surface area contributed by atoms with Gasteiger partial charge in [0.2, 0.25) is 6.29 Å². The van der Waals surface area contributed by atoms with Gasteiger partial charge in [-0.1, -0.05) is 0 Å². The second kappa shape index (κ2) is 2.37. The fourth-order valence-electron chi connectivity index (χ4n) is 1.28. The van der Waals surface area contributed by atoms with Crippen LogP contribution >= 0.6 is 0 Å². The van der Waals surface area contributed by atoms with Crippen LogP contribution < -0.4 is 0 Å². The van der Waals surface area contributed by atoms with Gasteiger partial charge in [-0.15, -0.1) is 0 Å². The summed E-state index contributed by atoms with van der Waals surface area (Å²) >= 11 is 0. The molecule has 1 aromatic carbocycles. The van der Waals surface area contributed by atoms with Crippen LogP contribution in [0.25, 0.3) is 0 Å². The van der Waals surface area contributed by atoms with Gasteiger partial charge in [-0.2, -0.15) is 0 Å². The first kappa shape index (κ1) is 7.88. The summed E-state index contributed by atoms with van der Waals surface area (Å²) in [7, 11) is 0. The summed E-state index contributed by atoms with van der Waals surface area (Å²) in [4.78, 5) is 11.0. The maximum Gasteiger partial charge on any atom is 0.341 e. The maximum atomic E-state index is 11.0. The fourth-order valence-corrected chi connectivity index (χ4v) is 1.28. The van der Waals surface area contributed by atoms with Crippen molar-refractivity contribution in [2.75, 3.05) is 0 Å². The topological polar surface area (TPSA) is 87.0 Å². The van der Waals surface area contributed by atoms with Crippen molar-refractivity contribution in [2.24, 2.45) is 0 Å². The zero-order valence-electron chi connectivity index (χ0n) is 6.39. The van der Waals surface area contributed by atoms with E-state index in [1.807, 2.05) is 0 Å². The van der Waals surface area contributed by atoms with Gasteiger partial charge in [0.1, 0.15) is 11.5 Å². The minimum atomic E-state index is -1.44. The molecule has 1 unspecified atom stereocenters. The number of esters is 1. The first-order valence-electron chi connectivity index (χ1n) is 3.54. The maximum absolute atomic E-state index is 11.0. The van der Waals surface area contributed by atoms with Crippen LogP contribution in [0, 0.1) is 0 Å². The number of benzene rings is 1. The van der Waals surface area contributed by atoms with Crippen LogP contribution in [0.4, 0.5) is 0 Å². The zero-order valence-corrected chi connectivity index (χ0v) is 6.39. The van der Waals surface area contributed by atoms with Crippen molar-refractivity contribution in [2.45, 2.75) is 6.29 Å². The summed E-state index contributed by atoms with van der Waals surface area (Å²) in [5.74, 6) is -1.36. The Bertz CT molecular complexity index is 384. The molecule has 1 aliphatic heterocycles. The predicted molar refractivity (Wildman–Crippen MR) is 40.1 cm³/mol. The van der Waals surface area contributed by atoms with E-state index in [1.165, 1.54) is 0 Å². The van der Waals surface area contributed by atoms with E-state index in [-0.39, 0.29) is 22.6 Å². The fraction of sp³-hybridized carbons (Fsp3) is 0.125. The molecule has 5 heteroatoms. The molecule has 1 aliphatic rings. The number of hydrogen-bond donors (Lipinski definition) is 3. The molecule has 1 atom stereocenters. The number of aliphatic hydroxyl groups is 1. The summed E-state index contributed by atoms with van der Waals surface area (Å²) < 4.78 is 4.41. The van der Waals surface area contributed by atoms with Crippen LogP contribution in [-0.4, -0.2) is 21.3 Å². The summed E-state index contributed by atoms with van der Waals surface area (Å²) in [6, 6.07) is 2.16. The lowest BCUT2D eigenvalue weighted by Crippen LogP contribution is -1.95. The molecule has 3 N–H and O–H groups in total. The SMILES string of the molecule is O=C1OC(O)c2c(O)cc(O)cc21. The Morgan fingerprint density at radius 2 is 2.00 bits per heavy atom. The number of phenolic OH excluding ortho intramolecular Hbond substituents is 2. The first-order valence-corrected chi connectivity index (χ1v) is 3.54. The number of phenols is 2. The highest BCUT2D eigenvalue weighted by Gasteiger charge is 2.32. The van der Waals surface area contributed by atoms with E-state index in [4.69, 9.17) is 10.2 Å². The van der Waals surface area contributed by atoms with Crippen molar-refractivity contribution in [1.82, 2.24) is 0 Å². The number of fused-ring (bicyclic) bond motifs is 1. The molecule has 1 heterocycles. The van der Waals surface area contributed by atoms with E-state index >= 15 is 0 Å². The number of cyclic esters (lactones) is 1. The van der Waals surface area contributed by atoms with Gasteiger partial charge in [-0.3, -0.25) is 0 Å². The minimum Gasteiger partial charge on any atom is -0.508 e. The quantitative estimate of drug-likeness (QED) is 0.501. The van der Waals surface area contributed by atoms with Gasteiger partial charge >= 0.3 is 5.97 Å². The van der Waals surface area contributed by atoms with Crippen LogP contribution in [0.1, 0.15) is 22.2 Å². The lowest BCUT2D eigenvalue weighted by Gasteiger charge is -2.03. The van der Waals surface area contributed by atoms with Crippen molar-refractivity contribution < 1.29 is 24.9 Å². The molecule has 0 fully saturated rings. The third-order valence-corrected chi connectivity index (χ3v) is 1.83. The largest absolute Gasteiger partial charge is 0.508 e. The van der Waals surface area contributed by atoms with Gasteiger partial charge in [-0.25, -0.2) is 4.79 Å². The van der Waals surface area contributed by atoms with Gasteiger partial charge in [0.15, 0.2) is 0 Å². The number of aromatic hydroxyl groups is 2. The highest BCUT2D eigenvalue weighted by atomic mass is 16.6. The van der Waals surface area contributed by atoms with Crippen molar-refractivity contribution in [1.29, 1.82) is 0 Å². The van der Waals surface area contributed by atoms with Gasteiger partial charge < -0.3 is 20.1 Å². The number of rotatable bonds is 0. The van der Waals surface area contributed by atoms with E-state index in [1.54, 1.807) is 0 Å². The van der Waals surface area contributed by atoms with Gasteiger partial charge in [0.25, 0.3) is 0 Å². The summed E-state index contributed by atoms with van der Waals surface area (Å²) in [6.45, 7) is 0. The average molecular weight is 182 g/mol. The molecule has 0 spiro atoms. The number of carbonyl (C=O) groups excluding carboxylic acids is 1. The normalized spacial score (nSPS) is 19.8. The number of carbonyl (C=O) groups is 1. The van der Waals surface area contributed by atoms with Crippen LogP contribution in [0.3, 0.4) is 0 Å². The lowest BCUT2D eigenvalue weighted by atomic mass is 10.1. The third kappa shape index (κ3) is 1.01. The Hall–Kier alpha value is -1.75. The third-order valence-electron chi connectivity index (χ3n) is 1.83. The Morgan fingerprint density at radius 3 is 2.69 bits per heavy atom. The standard InChI is InChI=1S/C8H6O5/c9-3-1-4-6(5(10)2-3)8(12)13-7(4)11/h1-2,8-10,12H. The van der Waals surface area contributed by atoms with Crippen molar-refractivity contribution in [3.8, 4) is 11.5 Å². The summed E-state index contributed by atoms with van der Waals surface area (Å²) in [6.07, 6.45) is -1.44. The molecule has 0 bridgehead atoms. The molecule has 0 saturated carbocycles. The van der Waals surface area contributed by atoms with E-state index in [0.717, 1.165) is 12.1 Å². The van der Waals surface area contributed by atoms with Crippen LogP contribution in [0.5, 0.6) is 11.5 Å². The molecule has 5 nitrogen and oxygen atoms in total. The monoisotopic (exact) mass is 182 g/mol. The molecule has 0 aliphatic carbocycles. The number of ether oxygens (including phenoxy) is 1. The predicted octanol–water partition coefficient (Wildman–Crippen LogP) is 0.259.